The van der Waals surface area contributed by atoms with E-state index in [1.54, 1.807) is 19.2 Å². The molecule has 0 radical (unpaired) electrons. The molecule has 1 aromatic rings. The van der Waals surface area contributed by atoms with E-state index in [2.05, 4.69) is 5.32 Å². The Hall–Kier alpha value is -1.22. The first kappa shape index (κ1) is 13.8. The molecule has 17 heavy (non-hydrogen) atoms. The van der Waals surface area contributed by atoms with Crippen LogP contribution < -0.4 is 10.1 Å². The number of carbonyl (C=O) groups is 1. The van der Waals surface area contributed by atoms with Crippen molar-refractivity contribution in [3.8, 4) is 5.75 Å². The fourth-order valence-corrected chi connectivity index (χ4v) is 1.56. The molecule has 0 bridgehead atoms. The van der Waals surface area contributed by atoms with E-state index in [1.807, 2.05) is 19.9 Å². The number of rotatable bonds is 5. The molecule has 1 atom stereocenters. The van der Waals surface area contributed by atoms with E-state index < -0.39 is 0 Å². The Morgan fingerprint density at radius 3 is 2.82 bits per heavy atom. The quantitative estimate of drug-likeness (QED) is 0.822. The molecule has 0 aromatic heterocycles. The number of methoxy groups -OCH3 is 1. The van der Waals surface area contributed by atoms with Gasteiger partial charge in [-0.25, -0.2) is 0 Å². The Bertz CT molecular complexity index is 391. The summed E-state index contributed by atoms with van der Waals surface area (Å²) >= 11 is 5.80. The van der Waals surface area contributed by atoms with Crippen molar-refractivity contribution in [2.45, 2.75) is 25.6 Å². The summed E-state index contributed by atoms with van der Waals surface area (Å²) in [6, 6.07) is 5.41. The third-order valence-electron chi connectivity index (χ3n) is 2.50. The summed E-state index contributed by atoms with van der Waals surface area (Å²) in [5, 5.41) is 2.89. The molecule has 3 nitrogen and oxygen atoms in total. The van der Waals surface area contributed by atoms with Gasteiger partial charge in [0.05, 0.1) is 7.11 Å². The molecule has 0 spiro atoms. The average Bonchev–Trinajstić information content (AvgIpc) is 2.29. The van der Waals surface area contributed by atoms with Crippen molar-refractivity contribution in [3.05, 3.63) is 29.3 Å². The van der Waals surface area contributed by atoms with Gasteiger partial charge in [0.1, 0.15) is 5.75 Å². The minimum atomic E-state index is -0.0967. The van der Waals surface area contributed by atoms with Crippen molar-refractivity contribution in [1.29, 1.82) is 0 Å². The Labute approximate surface area is 107 Å². The maximum Gasteiger partial charge on any atom is 0.251 e. The highest BCUT2D eigenvalue weighted by Crippen LogP contribution is 2.18. The largest absolute Gasteiger partial charge is 0.496 e. The van der Waals surface area contributed by atoms with Gasteiger partial charge in [0.25, 0.3) is 5.91 Å². The molecule has 0 aliphatic carbocycles. The smallest absolute Gasteiger partial charge is 0.251 e. The van der Waals surface area contributed by atoms with E-state index in [1.165, 1.54) is 0 Å². The number of amides is 1. The molecule has 0 fully saturated rings. The first-order chi connectivity index (χ1) is 8.04. The Morgan fingerprint density at radius 1 is 1.53 bits per heavy atom. The summed E-state index contributed by atoms with van der Waals surface area (Å²) in [5.74, 6) is 0.629. The van der Waals surface area contributed by atoms with Crippen molar-refractivity contribution in [1.82, 2.24) is 5.32 Å². The standard InChI is InChI=1S/C13H18ClNO2/c1-9-4-5-11(8-12(9)17-3)13(16)15-7-6-10(2)14/h4-5,8,10H,6-7H2,1-3H3,(H,15,16). The van der Waals surface area contributed by atoms with Gasteiger partial charge < -0.3 is 10.1 Å². The fourth-order valence-electron chi connectivity index (χ4n) is 1.45. The molecular weight excluding hydrogens is 238 g/mol. The maximum atomic E-state index is 11.8. The maximum absolute atomic E-state index is 11.8. The molecule has 1 rings (SSSR count). The minimum absolute atomic E-state index is 0.0721. The predicted molar refractivity (Wildman–Crippen MR) is 70.0 cm³/mol. The van der Waals surface area contributed by atoms with Gasteiger partial charge in [0.15, 0.2) is 0 Å². The number of halogens is 1. The number of nitrogens with one attached hydrogen (secondary N) is 1. The molecule has 94 valence electrons. The van der Waals surface area contributed by atoms with Crippen LogP contribution >= 0.6 is 11.6 Å². The molecule has 0 heterocycles. The molecule has 0 aliphatic rings. The van der Waals surface area contributed by atoms with Crippen LogP contribution in [-0.2, 0) is 0 Å². The first-order valence-corrected chi connectivity index (χ1v) is 6.05. The molecule has 1 aromatic carbocycles. The van der Waals surface area contributed by atoms with Gasteiger partial charge in [-0.15, -0.1) is 11.6 Å². The zero-order valence-corrected chi connectivity index (χ0v) is 11.2. The monoisotopic (exact) mass is 255 g/mol. The fraction of sp³-hybridized carbons (Fsp3) is 0.462. The lowest BCUT2D eigenvalue weighted by molar-refractivity contribution is 0.0953. The third kappa shape index (κ3) is 4.27. The van der Waals surface area contributed by atoms with Crippen LogP contribution in [0.4, 0.5) is 0 Å². The second-order valence-electron chi connectivity index (χ2n) is 4.01. The number of aryl methyl sites for hydroxylation is 1. The van der Waals surface area contributed by atoms with Crippen molar-refractivity contribution in [2.75, 3.05) is 13.7 Å². The van der Waals surface area contributed by atoms with Crippen molar-refractivity contribution < 1.29 is 9.53 Å². The zero-order chi connectivity index (χ0) is 12.8. The average molecular weight is 256 g/mol. The SMILES string of the molecule is COc1cc(C(=O)NCCC(C)Cl)ccc1C. The highest BCUT2D eigenvalue weighted by Gasteiger charge is 2.08. The minimum Gasteiger partial charge on any atom is -0.496 e. The Morgan fingerprint density at radius 2 is 2.24 bits per heavy atom. The number of ether oxygens (including phenoxy) is 1. The van der Waals surface area contributed by atoms with Crippen molar-refractivity contribution in [2.24, 2.45) is 0 Å². The van der Waals surface area contributed by atoms with Crippen LogP contribution in [0.25, 0.3) is 0 Å². The summed E-state index contributed by atoms with van der Waals surface area (Å²) in [7, 11) is 1.60. The van der Waals surface area contributed by atoms with E-state index in [-0.39, 0.29) is 11.3 Å². The number of benzene rings is 1. The molecule has 4 heteroatoms. The molecule has 1 N–H and O–H groups in total. The lowest BCUT2D eigenvalue weighted by atomic mass is 10.1. The number of hydrogen-bond donors (Lipinski definition) is 1. The highest BCUT2D eigenvalue weighted by molar-refractivity contribution is 6.20. The molecule has 0 aliphatic heterocycles. The number of hydrogen-bond acceptors (Lipinski definition) is 2. The highest BCUT2D eigenvalue weighted by atomic mass is 35.5. The van der Waals surface area contributed by atoms with Crippen LogP contribution in [0.2, 0.25) is 0 Å². The van der Waals surface area contributed by atoms with E-state index in [0.717, 1.165) is 17.7 Å². The van der Waals surface area contributed by atoms with Gasteiger partial charge >= 0.3 is 0 Å². The second kappa shape index (κ2) is 6.50. The van der Waals surface area contributed by atoms with Crippen LogP contribution in [0.3, 0.4) is 0 Å². The van der Waals surface area contributed by atoms with Gasteiger partial charge in [0.2, 0.25) is 0 Å². The summed E-state index contributed by atoms with van der Waals surface area (Å²) < 4.78 is 5.18. The normalized spacial score (nSPS) is 12.0. The van der Waals surface area contributed by atoms with Crippen molar-refractivity contribution in [3.63, 3.8) is 0 Å². The van der Waals surface area contributed by atoms with Crippen LogP contribution in [-0.4, -0.2) is 24.9 Å². The van der Waals surface area contributed by atoms with E-state index >= 15 is 0 Å². The summed E-state index contributed by atoms with van der Waals surface area (Å²) in [6.45, 7) is 4.43. The van der Waals surface area contributed by atoms with Gasteiger partial charge in [0, 0.05) is 17.5 Å². The summed E-state index contributed by atoms with van der Waals surface area (Å²) in [5.41, 5.74) is 1.62. The number of alkyl halides is 1. The van der Waals surface area contributed by atoms with Gasteiger partial charge in [-0.1, -0.05) is 6.07 Å². The first-order valence-electron chi connectivity index (χ1n) is 5.61. The topological polar surface area (TPSA) is 38.3 Å². The predicted octanol–water partition coefficient (Wildman–Crippen LogP) is 2.75. The Balaban J connectivity index is 2.63. The van der Waals surface area contributed by atoms with Crippen LogP contribution in [0.5, 0.6) is 5.75 Å². The third-order valence-corrected chi connectivity index (χ3v) is 2.72. The van der Waals surface area contributed by atoms with E-state index in [0.29, 0.717) is 12.1 Å². The molecule has 1 unspecified atom stereocenters. The van der Waals surface area contributed by atoms with Crippen LogP contribution in [0, 0.1) is 6.92 Å². The van der Waals surface area contributed by atoms with Crippen molar-refractivity contribution >= 4 is 17.5 Å². The second-order valence-corrected chi connectivity index (χ2v) is 4.75. The lowest BCUT2D eigenvalue weighted by Gasteiger charge is -2.09. The van der Waals surface area contributed by atoms with Crippen LogP contribution in [0.1, 0.15) is 29.3 Å². The van der Waals surface area contributed by atoms with Crippen LogP contribution in [0.15, 0.2) is 18.2 Å². The van der Waals surface area contributed by atoms with E-state index in [9.17, 15) is 4.79 Å². The molecule has 1 amide bonds. The Kier molecular flexibility index (Phi) is 5.29. The lowest BCUT2D eigenvalue weighted by Crippen LogP contribution is -2.25. The zero-order valence-electron chi connectivity index (χ0n) is 10.4. The van der Waals surface area contributed by atoms with Gasteiger partial charge in [-0.2, -0.15) is 0 Å². The van der Waals surface area contributed by atoms with Gasteiger partial charge in [-0.3, -0.25) is 4.79 Å². The molecule has 0 saturated heterocycles. The summed E-state index contributed by atoms with van der Waals surface area (Å²) in [4.78, 5) is 11.8. The molecule has 0 saturated carbocycles. The van der Waals surface area contributed by atoms with E-state index in [4.69, 9.17) is 16.3 Å². The summed E-state index contributed by atoms with van der Waals surface area (Å²) in [6.07, 6.45) is 0.760. The van der Waals surface area contributed by atoms with Gasteiger partial charge in [-0.05, 0) is 38.0 Å². The molecular formula is C13H18ClNO2. The number of carbonyl (C=O) groups excluding carboxylic acids is 1.